The van der Waals surface area contributed by atoms with Gasteiger partial charge in [-0.25, -0.2) is 0 Å². The minimum absolute atomic E-state index is 0.129. The maximum Gasteiger partial charge on any atom is 0.255 e. The van der Waals surface area contributed by atoms with Gasteiger partial charge >= 0.3 is 0 Å². The molecule has 0 aromatic heterocycles. The van der Waals surface area contributed by atoms with Crippen LogP contribution in [0.4, 0.5) is 0 Å². The maximum atomic E-state index is 12.4. The smallest absolute Gasteiger partial charge is 0.255 e. The van der Waals surface area contributed by atoms with E-state index in [-0.39, 0.29) is 12.0 Å². The van der Waals surface area contributed by atoms with E-state index < -0.39 is 0 Å². The van der Waals surface area contributed by atoms with Gasteiger partial charge in [0.25, 0.3) is 5.91 Å². The fraction of sp³-hybridized carbons (Fsp3) is 0.500. The second-order valence-electron chi connectivity index (χ2n) is 4.45. The molecule has 1 aromatic carbocycles. The highest BCUT2D eigenvalue weighted by Crippen LogP contribution is 2.19. The summed E-state index contributed by atoms with van der Waals surface area (Å²) >= 11 is 2.21. The van der Waals surface area contributed by atoms with Crippen LogP contribution in [0.5, 0.6) is 0 Å². The molecule has 0 radical (unpaired) electrons. The van der Waals surface area contributed by atoms with Crippen molar-refractivity contribution in [1.29, 1.82) is 0 Å². The summed E-state index contributed by atoms with van der Waals surface area (Å²) in [4.78, 5) is 14.4. The Morgan fingerprint density at radius 3 is 3.00 bits per heavy atom. The lowest BCUT2D eigenvalue weighted by Gasteiger charge is -2.32. The maximum absolute atomic E-state index is 12.4. The van der Waals surface area contributed by atoms with Gasteiger partial charge in [-0.1, -0.05) is 12.1 Å². The summed E-state index contributed by atoms with van der Waals surface area (Å²) in [7, 11) is 0. The standard InChI is InChI=1S/C14H18INO2/c1-2-18-11-6-5-9-16(10-11)14(17)12-7-3-4-8-13(12)15/h3-4,7-8,11H,2,5-6,9-10H2,1H3. The molecule has 2 rings (SSSR count). The van der Waals surface area contributed by atoms with Crippen LogP contribution in [-0.4, -0.2) is 36.6 Å². The van der Waals surface area contributed by atoms with Gasteiger partial charge in [-0.2, -0.15) is 0 Å². The van der Waals surface area contributed by atoms with Gasteiger partial charge < -0.3 is 9.64 Å². The molecule has 1 aliphatic heterocycles. The average Bonchev–Trinajstić information content (AvgIpc) is 2.39. The Balaban J connectivity index is 2.07. The van der Waals surface area contributed by atoms with E-state index in [1.807, 2.05) is 36.1 Å². The van der Waals surface area contributed by atoms with E-state index in [4.69, 9.17) is 4.74 Å². The quantitative estimate of drug-likeness (QED) is 0.777. The van der Waals surface area contributed by atoms with Crippen LogP contribution >= 0.6 is 22.6 Å². The molecule has 0 spiro atoms. The number of carbonyl (C=O) groups is 1. The van der Waals surface area contributed by atoms with Gasteiger partial charge in [0, 0.05) is 23.3 Å². The van der Waals surface area contributed by atoms with Gasteiger partial charge in [0.15, 0.2) is 0 Å². The average molecular weight is 359 g/mol. The predicted molar refractivity (Wildman–Crippen MR) is 79.7 cm³/mol. The van der Waals surface area contributed by atoms with E-state index in [0.717, 1.165) is 41.7 Å². The molecule has 1 aromatic rings. The van der Waals surface area contributed by atoms with Gasteiger partial charge in [-0.05, 0) is 54.5 Å². The Morgan fingerprint density at radius 2 is 2.28 bits per heavy atom. The van der Waals surface area contributed by atoms with E-state index in [1.165, 1.54) is 0 Å². The summed E-state index contributed by atoms with van der Waals surface area (Å²) in [5.74, 6) is 0.129. The van der Waals surface area contributed by atoms with Crippen LogP contribution in [0.1, 0.15) is 30.1 Å². The Bertz CT molecular complexity index is 420. The molecule has 18 heavy (non-hydrogen) atoms. The minimum atomic E-state index is 0.129. The van der Waals surface area contributed by atoms with Crippen LogP contribution in [0.3, 0.4) is 0 Å². The number of piperidine rings is 1. The Hall–Kier alpha value is -0.620. The van der Waals surface area contributed by atoms with E-state index in [2.05, 4.69) is 22.6 Å². The normalized spacial score (nSPS) is 19.9. The molecule has 98 valence electrons. The predicted octanol–water partition coefficient (Wildman–Crippen LogP) is 2.93. The molecule has 4 heteroatoms. The summed E-state index contributed by atoms with van der Waals surface area (Å²) in [6, 6.07) is 7.74. The number of carbonyl (C=O) groups excluding carboxylic acids is 1. The highest BCUT2D eigenvalue weighted by Gasteiger charge is 2.25. The Morgan fingerprint density at radius 1 is 1.50 bits per heavy atom. The van der Waals surface area contributed by atoms with Crippen molar-refractivity contribution in [3.63, 3.8) is 0 Å². The molecule has 0 saturated carbocycles. The summed E-state index contributed by atoms with van der Waals surface area (Å²) in [6.07, 6.45) is 2.29. The summed E-state index contributed by atoms with van der Waals surface area (Å²) in [6.45, 7) is 4.28. The van der Waals surface area contributed by atoms with E-state index in [0.29, 0.717) is 0 Å². The molecule has 0 bridgehead atoms. The molecular formula is C14H18INO2. The van der Waals surface area contributed by atoms with E-state index >= 15 is 0 Å². The van der Waals surface area contributed by atoms with Gasteiger partial charge in [0.2, 0.25) is 0 Å². The fourth-order valence-corrected chi connectivity index (χ4v) is 2.92. The molecule has 3 nitrogen and oxygen atoms in total. The van der Waals surface area contributed by atoms with Crippen LogP contribution in [0.15, 0.2) is 24.3 Å². The van der Waals surface area contributed by atoms with Crippen molar-refractivity contribution >= 4 is 28.5 Å². The fourth-order valence-electron chi connectivity index (χ4n) is 2.30. The molecule has 1 aliphatic rings. The first-order valence-corrected chi connectivity index (χ1v) is 7.45. The van der Waals surface area contributed by atoms with Crippen molar-refractivity contribution < 1.29 is 9.53 Å². The minimum Gasteiger partial charge on any atom is -0.377 e. The number of rotatable bonds is 3. The third-order valence-electron chi connectivity index (χ3n) is 3.17. The van der Waals surface area contributed by atoms with Crippen LogP contribution < -0.4 is 0 Å². The second kappa shape index (κ2) is 6.52. The molecular weight excluding hydrogens is 341 g/mol. The summed E-state index contributed by atoms with van der Waals surface area (Å²) < 4.78 is 6.65. The van der Waals surface area contributed by atoms with Crippen molar-refractivity contribution in [3.05, 3.63) is 33.4 Å². The van der Waals surface area contributed by atoms with Crippen LogP contribution in [0.25, 0.3) is 0 Å². The van der Waals surface area contributed by atoms with Crippen LogP contribution in [0.2, 0.25) is 0 Å². The zero-order valence-electron chi connectivity index (χ0n) is 10.6. The lowest BCUT2D eigenvalue weighted by molar-refractivity contribution is 0.00720. The summed E-state index contributed by atoms with van der Waals surface area (Å²) in [5, 5.41) is 0. The molecule has 1 fully saturated rings. The van der Waals surface area contributed by atoms with Crippen molar-refractivity contribution in [2.24, 2.45) is 0 Å². The highest BCUT2D eigenvalue weighted by molar-refractivity contribution is 14.1. The molecule has 1 unspecified atom stereocenters. The molecule has 1 atom stereocenters. The van der Waals surface area contributed by atoms with Gasteiger partial charge in [-0.15, -0.1) is 0 Å². The zero-order valence-corrected chi connectivity index (χ0v) is 12.7. The van der Waals surface area contributed by atoms with Crippen LogP contribution in [0, 0.1) is 3.57 Å². The first kappa shape index (κ1) is 13.8. The first-order chi connectivity index (χ1) is 8.72. The molecule has 0 N–H and O–H groups in total. The third kappa shape index (κ3) is 3.23. The van der Waals surface area contributed by atoms with Gasteiger partial charge in [0.1, 0.15) is 0 Å². The summed E-state index contributed by atoms with van der Waals surface area (Å²) in [5.41, 5.74) is 0.801. The van der Waals surface area contributed by atoms with Crippen molar-refractivity contribution in [2.75, 3.05) is 19.7 Å². The molecule has 1 amide bonds. The number of likely N-dealkylation sites (tertiary alicyclic amines) is 1. The number of ether oxygens (including phenoxy) is 1. The Kier molecular flexibility index (Phi) is 5.00. The van der Waals surface area contributed by atoms with Crippen molar-refractivity contribution in [1.82, 2.24) is 4.90 Å². The second-order valence-corrected chi connectivity index (χ2v) is 5.61. The number of hydrogen-bond acceptors (Lipinski definition) is 2. The third-order valence-corrected chi connectivity index (χ3v) is 4.11. The number of amides is 1. The van der Waals surface area contributed by atoms with Crippen molar-refractivity contribution in [3.8, 4) is 0 Å². The largest absolute Gasteiger partial charge is 0.377 e. The monoisotopic (exact) mass is 359 g/mol. The Labute approximate surface area is 122 Å². The van der Waals surface area contributed by atoms with Crippen LogP contribution in [-0.2, 0) is 4.74 Å². The molecule has 1 saturated heterocycles. The highest BCUT2D eigenvalue weighted by atomic mass is 127. The topological polar surface area (TPSA) is 29.5 Å². The SMILES string of the molecule is CCOC1CCCN(C(=O)c2ccccc2I)C1. The molecule has 1 heterocycles. The number of halogens is 1. The first-order valence-electron chi connectivity index (χ1n) is 6.37. The zero-order chi connectivity index (χ0) is 13.0. The van der Waals surface area contributed by atoms with Gasteiger partial charge in [-0.3, -0.25) is 4.79 Å². The number of benzene rings is 1. The van der Waals surface area contributed by atoms with E-state index in [1.54, 1.807) is 0 Å². The lowest BCUT2D eigenvalue weighted by atomic mass is 10.1. The number of nitrogens with zero attached hydrogens (tertiary/aromatic N) is 1. The molecule has 0 aliphatic carbocycles. The van der Waals surface area contributed by atoms with E-state index in [9.17, 15) is 4.79 Å². The van der Waals surface area contributed by atoms with Gasteiger partial charge in [0.05, 0.1) is 11.7 Å². The van der Waals surface area contributed by atoms with Crippen molar-refractivity contribution in [2.45, 2.75) is 25.9 Å². The number of hydrogen-bond donors (Lipinski definition) is 0. The lowest BCUT2D eigenvalue weighted by Crippen LogP contribution is -2.43.